The molecule has 9 heteroatoms. The van der Waals surface area contributed by atoms with Crippen LogP contribution in [0.4, 0.5) is 5.69 Å². The summed E-state index contributed by atoms with van der Waals surface area (Å²) < 4.78 is 35.7. The largest absolute Gasteiger partial charge is 0.465 e. The predicted octanol–water partition coefficient (Wildman–Crippen LogP) is 1.94. The van der Waals surface area contributed by atoms with Gasteiger partial charge in [0.15, 0.2) is 0 Å². The summed E-state index contributed by atoms with van der Waals surface area (Å²) in [6, 6.07) is 11.3. The molecule has 0 unspecified atom stereocenters. The van der Waals surface area contributed by atoms with Crippen LogP contribution in [-0.2, 0) is 33.7 Å². The van der Waals surface area contributed by atoms with Gasteiger partial charge >= 0.3 is 11.7 Å². The maximum atomic E-state index is 13.5. The van der Waals surface area contributed by atoms with E-state index in [1.54, 1.807) is 45.3 Å². The smallest absolute Gasteiger partial charge is 0.328 e. The molecule has 0 N–H and O–H groups in total. The maximum absolute atomic E-state index is 13.5. The zero-order valence-corrected chi connectivity index (χ0v) is 17.6. The molecule has 1 aromatic heterocycles. The number of carbonyl (C=O) groups is 1. The Morgan fingerprint density at radius 3 is 2.41 bits per heavy atom. The Morgan fingerprint density at radius 2 is 1.76 bits per heavy atom. The van der Waals surface area contributed by atoms with E-state index in [1.165, 1.54) is 21.3 Å². The van der Waals surface area contributed by atoms with Gasteiger partial charge in [-0.05, 0) is 49.7 Å². The topological polar surface area (TPSA) is 90.6 Å². The van der Waals surface area contributed by atoms with Gasteiger partial charge in [0.2, 0.25) is 0 Å². The Hall–Kier alpha value is -3.07. The molecule has 0 spiro atoms. The van der Waals surface area contributed by atoms with Gasteiger partial charge in [-0.15, -0.1) is 0 Å². The van der Waals surface area contributed by atoms with E-state index in [9.17, 15) is 18.0 Å². The van der Waals surface area contributed by atoms with Crippen LogP contribution in [0.2, 0.25) is 0 Å². The first kappa shape index (κ1) is 20.7. The average molecular weight is 417 g/mol. The Kier molecular flexibility index (Phi) is 5.52. The molecule has 0 amide bonds. The molecule has 0 atom stereocenters. The first-order valence-electron chi connectivity index (χ1n) is 9.07. The molecule has 8 nitrogen and oxygen atoms in total. The number of nitrogens with zero attached hydrogens (tertiary/aromatic N) is 3. The summed E-state index contributed by atoms with van der Waals surface area (Å²) in [5, 5.41) is 0. The molecule has 0 fully saturated rings. The number of hydrogen-bond acceptors (Lipinski definition) is 5. The van der Waals surface area contributed by atoms with Crippen LogP contribution in [0, 0.1) is 6.92 Å². The Bertz CT molecular complexity index is 1240. The summed E-state index contributed by atoms with van der Waals surface area (Å²) in [6.45, 7) is 3.20. The molecule has 0 saturated carbocycles. The highest BCUT2D eigenvalue weighted by Gasteiger charge is 2.28. The average Bonchev–Trinajstić information content (AvgIpc) is 2.90. The Morgan fingerprint density at radius 1 is 1.07 bits per heavy atom. The normalized spacial score (nSPS) is 11.6. The summed E-state index contributed by atoms with van der Waals surface area (Å²) >= 11 is 0. The third-order valence-corrected chi connectivity index (χ3v) is 6.47. The SMILES string of the molecule is CCOC(=O)CN(c1cccc(C)c1)S(=O)(=O)c1ccc2c(c1)n(C)c(=O)n2C. The third-order valence-electron chi connectivity index (χ3n) is 4.70. The summed E-state index contributed by atoms with van der Waals surface area (Å²) in [5.74, 6) is -0.647. The number of esters is 1. The van der Waals surface area contributed by atoms with Gasteiger partial charge in [-0.2, -0.15) is 0 Å². The molecule has 1 heterocycles. The Balaban J connectivity index is 2.15. The van der Waals surface area contributed by atoms with E-state index in [0.717, 1.165) is 9.87 Å². The van der Waals surface area contributed by atoms with Gasteiger partial charge in [-0.25, -0.2) is 13.2 Å². The van der Waals surface area contributed by atoms with Crippen LogP contribution in [0.25, 0.3) is 11.0 Å². The lowest BCUT2D eigenvalue weighted by atomic mass is 10.2. The van der Waals surface area contributed by atoms with Crippen molar-refractivity contribution in [1.29, 1.82) is 0 Å². The highest BCUT2D eigenvalue weighted by Crippen LogP contribution is 2.26. The number of carbonyl (C=O) groups excluding carboxylic acids is 1. The number of sulfonamides is 1. The van der Waals surface area contributed by atoms with Crippen molar-refractivity contribution in [1.82, 2.24) is 9.13 Å². The predicted molar refractivity (Wildman–Crippen MR) is 111 cm³/mol. The summed E-state index contributed by atoms with van der Waals surface area (Å²) in [6.07, 6.45) is 0. The number of anilines is 1. The second-order valence-corrected chi connectivity index (χ2v) is 8.57. The van der Waals surface area contributed by atoms with Crippen molar-refractivity contribution in [3.8, 4) is 0 Å². The van der Waals surface area contributed by atoms with Crippen molar-refractivity contribution >= 4 is 32.7 Å². The zero-order valence-electron chi connectivity index (χ0n) is 16.7. The van der Waals surface area contributed by atoms with Crippen LogP contribution in [0.15, 0.2) is 52.2 Å². The molecule has 29 heavy (non-hydrogen) atoms. The lowest BCUT2D eigenvalue weighted by Crippen LogP contribution is -2.36. The summed E-state index contributed by atoms with van der Waals surface area (Å²) in [4.78, 5) is 24.3. The van der Waals surface area contributed by atoms with E-state index in [1.807, 2.05) is 13.0 Å². The quantitative estimate of drug-likeness (QED) is 0.572. The molecule has 3 aromatic rings. The molecule has 0 bridgehead atoms. The fourth-order valence-electron chi connectivity index (χ4n) is 3.20. The zero-order chi connectivity index (χ0) is 21.3. The molecule has 0 aliphatic carbocycles. The molecule has 0 saturated heterocycles. The van der Waals surface area contributed by atoms with Gasteiger partial charge in [-0.3, -0.25) is 18.2 Å². The number of aromatic nitrogens is 2. The lowest BCUT2D eigenvalue weighted by molar-refractivity contribution is -0.141. The number of hydrogen-bond donors (Lipinski definition) is 0. The first-order valence-corrected chi connectivity index (χ1v) is 10.5. The summed E-state index contributed by atoms with van der Waals surface area (Å²) in [5.41, 5.74) is 2.06. The molecular formula is C20H23N3O5S. The van der Waals surface area contributed by atoms with Crippen molar-refractivity contribution in [2.45, 2.75) is 18.7 Å². The highest BCUT2D eigenvalue weighted by atomic mass is 32.2. The molecule has 0 radical (unpaired) electrons. The summed E-state index contributed by atoms with van der Waals surface area (Å²) in [7, 11) is -0.883. The van der Waals surface area contributed by atoms with Gasteiger partial charge in [0.25, 0.3) is 10.0 Å². The standard InChI is InChI=1S/C20H23N3O5S/c1-5-28-19(24)13-23(15-8-6-7-14(2)11-15)29(26,27)16-9-10-17-18(12-16)22(4)20(25)21(17)3/h6-12H,5,13H2,1-4H3. The van der Waals surface area contributed by atoms with Gasteiger partial charge in [-0.1, -0.05) is 12.1 Å². The minimum atomic E-state index is -4.09. The van der Waals surface area contributed by atoms with E-state index in [0.29, 0.717) is 16.7 Å². The third kappa shape index (κ3) is 3.77. The molecule has 154 valence electrons. The highest BCUT2D eigenvalue weighted by molar-refractivity contribution is 7.92. The van der Waals surface area contributed by atoms with Crippen LogP contribution in [0.3, 0.4) is 0 Å². The van der Waals surface area contributed by atoms with E-state index >= 15 is 0 Å². The van der Waals surface area contributed by atoms with Gasteiger partial charge in [0.05, 0.1) is 28.2 Å². The van der Waals surface area contributed by atoms with Crippen LogP contribution in [0.5, 0.6) is 0 Å². The molecule has 3 rings (SSSR count). The second kappa shape index (κ2) is 7.75. The fraction of sp³-hybridized carbons (Fsp3) is 0.300. The number of rotatable bonds is 6. The van der Waals surface area contributed by atoms with Crippen LogP contribution in [-0.4, -0.2) is 36.7 Å². The number of ether oxygens (including phenoxy) is 1. The number of aryl methyl sites for hydroxylation is 3. The van der Waals surface area contributed by atoms with Crippen LogP contribution >= 0.6 is 0 Å². The van der Waals surface area contributed by atoms with Crippen molar-refractivity contribution in [3.05, 3.63) is 58.5 Å². The van der Waals surface area contributed by atoms with Gasteiger partial charge < -0.3 is 4.74 Å². The fourth-order valence-corrected chi connectivity index (χ4v) is 4.62. The van der Waals surface area contributed by atoms with Crippen molar-refractivity contribution in [2.24, 2.45) is 14.1 Å². The minimum absolute atomic E-state index is 0.0167. The monoisotopic (exact) mass is 417 g/mol. The molecular weight excluding hydrogens is 394 g/mol. The van der Waals surface area contributed by atoms with Crippen molar-refractivity contribution < 1.29 is 17.9 Å². The second-order valence-electron chi connectivity index (χ2n) is 6.71. The number of imidazole rings is 1. The Labute approximate surface area is 169 Å². The van der Waals surface area contributed by atoms with E-state index < -0.39 is 22.5 Å². The van der Waals surface area contributed by atoms with E-state index in [2.05, 4.69) is 0 Å². The van der Waals surface area contributed by atoms with E-state index in [4.69, 9.17) is 4.74 Å². The van der Waals surface area contributed by atoms with Gasteiger partial charge in [0.1, 0.15) is 6.54 Å². The first-order chi connectivity index (χ1) is 13.7. The minimum Gasteiger partial charge on any atom is -0.465 e. The molecule has 0 aliphatic heterocycles. The van der Waals surface area contributed by atoms with Crippen molar-refractivity contribution in [2.75, 3.05) is 17.5 Å². The molecule has 2 aromatic carbocycles. The van der Waals surface area contributed by atoms with Crippen LogP contribution in [0.1, 0.15) is 12.5 Å². The van der Waals surface area contributed by atoms with E-state index in [-0.39, 0.29) is 17.2 Å². The maximum Gasteiger partial charge on any atom is 0.328 e. The number of fused-ring (bicyclic) bond motifs is 1. The number of benzene rings is 2. The van der Waals surface area contributed by atoms with Crippen molar-refractivity contribution in [3.63, 3.8) is 0 Å². The van der Waals surface area contributed by atoms with Crippen LogP contribution < -0.4 is 9.99 Å². The lowest BCUT2D eigenvalue weighted by Gasteiger charge is -2.24. The van der Waals surface area contributed by atoms with Gasteiger partial charge in [0, 0.05) is 14.1 Å². The molecule has 0 aliphatic rings.